The van der Waals surface area contributed by atoms with Gasteiger partial charge in [-0.25, -0.2) is 0 Å². The fourth-order valence-electron chi connectivity index (χ4n) is 0.324. The van der Waals surface area contributed by atoms with E-state index < -0.39 is 0 Å². The van der Waals surface area contributed by atoms with E-state index in [0.717, 1.165) is 0 Å². The lowest BCUT2D eigenvalue weighted by atomic mass is 10.5. The number of nitrogens with two attached hydrogens (primary N) is 1. The van der Waals surface area contributed by atoms with Crippen LogP contribution in [0.15, 0.2) is 17.3 Å². The van der Waals surface area contributed by atoms with Gasteiger partial charge in [0.1, 0.15) is 0 Å². The lowest BCUT2D eigenvalue weighted by Crippen LogP contribution is -1.88. The van der Waals surface area contributed by atoms with Crippen molar-refractivity contribution in [1.29, 1.82) is 0 Å². The average molecular weight is 127 g/mol. The first kappa shape index (κ1) is 5.37. The molecule has 1 rings (SSSR count). The fourth-order valence-corrected chi connectivity index (χ4v) is 0.434. The van der Waals surface area contributed by atoms with Gasteiger partial charge in [0, 0.05) is 4.90 Å². The third-order valence-electron chi connectivity index (χ3n) is 0.739. The Hall–Kier alpha value is -0.770. The number of rotatable bonds is 0. The lowest BCUT2D eigenvalue weighted by Gasteiger charge is -1.90. The van der Waals surface area contributed by atoms with Crippen LogP contribution < -0.4 is 5.73 Å². The molecule has 0 aliphatic rings. The first-order valence-electron chi connectivity index (χ1n) is 2.06. The Labute approximate surface area is 52.3 Å². The molecule has 1 heterocycles. The van der Waals surface area contributed by atoms with Crippen molar-refractivity contribution in [2.24, 2.45) is 0 Å². The topological polar surface area (TPSA) is 51.8 Å². The smallest absolute Gasteiger partial charge is 0.0737 e. The Morgan fingerprint density at radius 2 is 2.00 bits per heavy atom. The molecule has 0 radical (unpaired) electrons. The van der Waals surface area contributed by atoms with Crippen molar-refractivity contribution < 1.29 is 0 Å². The third-order valence-corrected chi connectivity index (χ3v) is 1.11. The molecule has 0 aliphatic heterocycles. The number of nitrogens with zero attached hydrogens (tertiary/aromatic N) is 2. The van der Waals surface area contributed by atoms with Gasteiger partial charge in [0.05, 0.1) is 18.1 Å². The van der Waals surface area contributed by atoms with Crippen LogP contribution in [0.25, 0.3) is 0 Å². The molecule has 0 unspecified atom stereocenters. The second-order valence-electron chi connectivity index (χ2n) is 1.33. The van der Waals surface area contributed by atoms with Gasteiger partial charge in [0.15, 0.2) is 0 Å². The minimum Gasteiger partial charge on any atom is -0.396 e. The summed E-state index contributed by atoms with van der Waals surface area (Å²) >= 11 is 3.97. The van der Waals surface area contributed by atoms with Crippen molar-refractivity contribution in [3.63, 3.8) is 0 Å². The zero-order valence-electron chi connectivity index (χ0n) is 4.07. The predicted molar refractivity (Wildman–Crippen MR) is 33.7 cm³/mol. The number of anilines is 1. The lowest BCUT2D eigenvalue weighted by molar-refractivity contribution is 1.00. The molecule has 0 saturated heterocycles. The molecule has 0 bridgehead atoms. The second kappa shape index (κ2) is 2.00. The van der Waals surface area contributed by atoms with E-state index >= 15 is 0 Å². The summed E-state index contributed by atoms with van der Waals surface area (Å²) in [5.74, 6) is 0. The Morgan fingerprint density at radius 1 is 1.38 bits per heavy atom. The van der Waals surface area contributed by atoms with Crippen LogP contribution >= 0.6 is 12.6 Å². The number of nitrogen functional groups attached to an aromatic ring is 1. The summed E-state index contributed by atoms with van der Waals surface area (Å²) in [6.45, 7) is 0. The first-order chi connectivity index (χ1) is 3.80. The summed E-state index contributed by atoms with van der Waals surface area (Å²) < 4.78 is 0. The van der Waals surface area contributed by atoms with E-state index in [4.69, 9.17) is 5.73 Å². The summed E-state index contributed by atoms with van der Waals surface area (Å²) in [4.78, 5) is 0.667. The van der Waals surface area contributed by atoms with E-state index in [2.05, 4.69) is 22.8 Å². The van der Waals surface area contributed by atoms with E-state index in [0.29, 0.717) is 10.6 Å². The molecule has 0 fully saturated rings. The summed E-state index contributed by atoms with van der Waals surface area (Å²) in [6.07, 6.45) is 2.96. The molecule has 3 nitrogen and oxygen atoms in total. The molecule has 0 aliphatic carbocycles. The highest BCUT2D eigenvalue weighted by Gasteiger charge is 1.88. The summed E-state index contributed by atoms with van der Waals surface area (Å²) in [5, 5.41) is 7.06. The van der Waals surface area contributed by atoms with Gasteiger partial charge in [0.25, 0.3) is 0 Å². The summed E-state index contributed by atoms with van der Waals surface area (Å²) in [5.41, 5.74) is 5.90. The quantitative estimate of drug-likeness (QED) is 0.494. The average Bonchev–Trinajstić information content (AvgIpc) is 1.77. The minimum atomic E-state index is 0.559. The molecule has 1 aromatic heterocycles. The SMILES string of the molecule is Nc1cnncc1S. The predicted octanol–water partition coefficient (Wildman–Crippen LogP) is 0.348. The molecular weight excluding hydrogens is 122 g/mol. The fraction of sp³-hybridized carbons (Fsp3) is 0. The molecule has 0 spiro atoms. The molecule has 1 aromatic rings. The monoisotopic (exact) mass is 127 g/mol. The van der Waals surface area contributed by atoms with Gasteiger partial charge < -0.3 is 5.73 Å². The van der Waals surface area contributed by atoms with Crippen molar-refractivity contribution in [2.45, 2.75) is 4.90 Å². The first-order valence-corrected chi connectivity index (χ1v) is 2.50. The van der Waals surface area contributed by atoms with Gasteiger partial charge in [-0.05, 0) is 0 Å². The Kier molecular flexibility index (Phi) is 1.34. The molecule has 2 N–H and O–H groups in total. The molecule has 42 valence electrons. The van der Waals surface area contributed by atoms with Crippen molar-refractivity contribution in [1.82, 2.24) is 10.2 Å². The van der Waals surface area contributed by atoms with Gasteiger partial charge in [-0.3, -0.25) is 0 Å². The Morgan fingerprint density at radius 3 is 2.38 bits per heavy atom. The van der Waals surface area contributed by atoms with Gasteiger partial charge in [0.2, 0.25) is 0 Å². The van der Waals surface area contributed by atoms with Crippen molar-refractivity contribution in [3.05, 3.63) is 12.4 Å². The largest absolute Gasteiger partial charge is 0.396 e. The van der Waals surface area contributed by atoms with E-state index in [1.54, 1.807) is 0 Å². The number of thiol groups is 1. The normalized spacial score (nSPS) is 9.12. The maximum Gasteiger partial charge on any atom is 0.0737 e. The highest BCUT2D eigenvalue weighted by molar-refractivity contribution is 7.80. The van der Waals surface area contributed by atoms with Gasteiger partial charge >= 0.3 is 0 Å². The van der Waals surface area contributed by atoms with Crippen LogP contribution in [0.3, 0.4) is 0 Å². The molecule has 0 amide bonds. The molecule has 8 heavy (non-hydrogen) atoms. The standard InChI is InChI=1S/C4H5N3S/c5-3-1-6-7-2-4(3)8/h1-2H,(H2,5,7)(H,6,8). The molecule has 0 saturated carbocycles. The second-order valence-corrected chi connectivity index (χ2v) is 1.81. The number of hydrogen-bond acceptors (Lipinski definition) is 4. The molecule has 0 atom stereocenters. The van der Waals surface area contributed by atoms with Gasteiger partial charge in [-0.15, -0.1) is 12.6 Å². The van der Waals surface area contributed by atoms with Crippen molar-refractivity contribution in [3.8, 4) is 0 Å². The number of hydrogen-bond donors (Lipinski definition) is 2. The van der Waals surface area contributed by atoms with E-state index in [1.165, 1.54) is 12.4 Å². The Balaban J connectivity index is 3.13. The number of aromatic nitrogens is 2. The van der Waals surface area contributed by atoms with E-state index in [1.807, 2.05) is 0 Å². The summed E-state index contributed by atoms with van der Waals surface area (Å²) in [7, 11) is 0. The van der Waals surface area contributed by atoms with E-state index in [-0.39, 0.29) is 0 Å². The van der Waals surface area contributed by atoms with Crippen LogP contribution in [0.2, 0.25) is 0 Å². The maximum atomic E-state index is 5.34. The zero-order valence-corrected chi connectivity index (χ0v) is 4.97. The highest BCUT2D eigenvalue weighted by atomic mass is 32.1. The minimum absolute atomic E-state index is 0.559. The zero-order chi connectivity index (χ0) is 5.98. The van der Waals surface area contributed by atoms with Crippen LogP contribution in [0.1, 0.15) is 0 Å². The van der Waals surface area contributed by atoms with Gasteiger partial charge in [-0.1, -0.05) is 0 Å². The highest BCUT2D eigenvalue weighted by Crippen LogP contribution is 2.09. The van der Waals surface area contributed by atoms with Crippen LogP contribution in [0.4, 0.5) is 5.69 Å². The molecule has 0 aromatic carbocycles. The molecular formula is C4H5N3S. The van der Waals surface area contributed by atoms with Crippen LogP contribution in [-0.4, -0.2) is 10.2 Å². The van der Waals surface area contributed by atoms with Crippen molar-refractivity contribution in [2.75, 3.05) is 5.73 Å². The maximum absolute atomic E-state index is 5.34. The van der Waals surface area contributed by atoms with Crippen molar-refractivity contribution >= 4 is 18.3 Å². The Bertz CT molecular complexity index is 167. The molecule has 4 heteroatoms. The third kappa shape index (κ3) is 0.894. The van der Waals surface area contributed by atoms with E-state index in [9.17, 15) is 0 Å². The van der Waals surface area contributed by atoms with Gasteiger partial charge in [-0.2, -0.15) is 10.2 Å². The van der Waals surface area contributed by atoms with Crippen LogP contribution in [-0.2, 0) is 0 Å². The summed E-state index contributed by atoms with van der Waals surface area (Å²) in [6, 6.07) is 0. The van der Waals surface area contributed by atoms with Crippen LogP contribution in [0.5, 0.6) is 0 Å². The van der Waals surface area contributed by atoms with Crippen LogP contribution in [0, 0.1) is 0 Å².